The number of rotatable bonds is 8. The summed E-state index contributed by atoms with van der Waals surface area (Å²) in [4.78, 5) is 35.9. The molecule has 1 aromatic rings. The highest BCUT2D eigenvalue weighted by Crippen LogP contribution is 2.24. The van der Waals surface area contributed by atoms with Gasteiger partial charge in [-0.3, -0.25) is 14.4 Å². The van der Waals surface area contributed by atoms with E-state index in [9.17, 15) is 22.8 Å². The highest BCUT2D eigenvalue weighted by molar-refractivity contribution is 7.89. The monoisotopic (exact) mass is 423 g/mol. The lowest BCUT2D eigenvalue weighted by Gasteiger charge is -2.31. The molecule has 2 rings (SSSR count). The lowest BCUT2D eigenvalue weighted by Crippen LogP contribution is -2.49. The second-order valence-electron chi connectivity index (χ2n) is 7.28. The molecule has 1 atom stereocenters. The molecule has 1 aliphatic heterocycles. The van der Waals surface area contributed by atoms with Crippen molar-refractivity contribution in [3.05, 3.63) is 29.8 Å². The minimum Gasteiger partial charge on any atom is -0.354 e. The molecule has 1 saturated heterocycles. The van der Waals surface area contributed by atoms with E-state index in [0.717, 1.165) is 6.42 Å². The Morgan fingerprint density at radius 1 is 1.21 bits per heavy atom. The van der Waals surface area contributed by atoms with Crippen LogP contribution in [0.2, 0.25) is 0 Å². The van der Waals surface area contributed by atoms with Gasteiger partial charge in [-0.1, -0.05) is 19.1 Å². The van der Waals surface area contributed by atoms with Gasteiger partial charge in [-0.25, -0.2) is 8.42 Å². The van der Waals surface area contributed by atoms with Crippen LogP contribution >= 0.6 is 0 Å². The van der Waals surface area contributed by atoms with Crippen molar-refractivity contribution in [2.75, 3.05) is 19.6 Å². The largest absolute Gasteiger partial charge is 0.354 e. The molecule has 160 valence electrons. The van der Waals surface area contributed by atoms with Crippen molar-refractivity contribution in [2.24, 2.45) is 5.92 Å². The van der Waals surface area contributed by atoms with Crippen LogP contribution in [0.4, 0.5) is 0 Å². The van der Waals surface area contributed by atoms with Crippen molar-refractivity contribution >= 4 is 27.6 Å². The molecule has 0 radical (unpaired) electrons. The minimum absolute atomic E-state index is 0.0781. The number of sulfonamides is 1. The van der Waals surface area contributed by atoms with E-state index >= 15 is 0 Å². The number of carbonyl (C=O) groups is 3. The summed E-state index contributed by atoms with van der Waals surface area (Å²) >= 11 is 0. The van der Waals surface area contributed by atoms with Gasteiger partial charge in [0, 0.05) is 31.1 Å². The van der Waals surface area contributed by atoms with Crippen molar-refractivity contribution in [1.29, 1.82) is 0 Å². The zero-order valence-electron chi connectivity index (χ0n) is 17.1. The maximum absolute atomic E-state index is 12.9. The number of benzene rings is 1. The maximum atomic E-state index is 12.9. The Balaban J connectivity index is 1.96. The number of amides is 2. The van der Waals surface area contributed by atoms with Crippen LogP contribution in [0.5, 0.6) is 0 Å². The van der Waals surface area contributed by atoms with Gasteiger partial charge in [0.25, 0.3) is 0 Å². The predicted octanol–water partition coefficient (Wildman–Crippen LogP) is 1.32. The molecule has 1 fully saturated rings. The number of hydrogen-bond acceptors (Lipinski definition) is 5. The molecule has 1 heterocycles. The molecule has 29 heavy (non-hydrogen) atoms. The number of piperidine rings is 1. The van der Waals surface area contributed by atoms with Gasteiger partial charge in [-0.2, -0.15) is 4.31 Å². The van der Waals surface area contributed by atoms with Crippen molar-refractivity contribution in [1.82, 2.24) is 14.9 Å². The Morgan fingerprint density at radius 2 is 1.86 bits per heavy atom. The van der Waals surface area contributed by atoms with Gasteiger partial charge in [0.2, 0.25) is 21.8 Å². The Morgan fingerprint density at radius 3 is 2.45 bits per heavy atom. The number of Topliss-reactive ketones (excluding diaryl/α,β-unsaturated/α-hetero) is 1. The normalized spacial score (nSPS) is 16.8. The summed E-state index contributed by atoms with van der Waals surface area (Å²) in [5, 5.41) is 5.44. The summed E-state index contributed by atoms with van der Waals surface area (Å²) in [5.74, 6) is -1.01. The lowest BCUT2D eigenvalue weighted by atomic mass is 9.97. The fourth-order valence-corrected chi connectivity index (χ4v) is 4.70. The first-order chi connectivity index (χ1) is 13.7. The Bertz CT molecular complexity index is 861. The Hall–Kier alpha value is -2.26. The van der Waals surface area contributed by atoms with E-state index in [1.165, 1.54) is 23.4 Å². The second-order valence-corrected chi connectivity index (χ2v) is 9.22. The average Bonchev–Trinajstić information content (AvgIpc) is 2.71. The van der Waals surface area contributed by atoms with Gasteiger partial charge in [-0.15, -0.1) is 0 Å². The van der Waals surface area contributed by atoms with Crippen LogP contribution in [0.25, 0.3) is 0 Å². The standard InChI is InChI=1S/C20H29N3O5S/c1-4-10-21-19(25)14(2)22-20(26)16-8-11-23(12-9-16)29(27,28)18-7-5-6-17(13-18)15(3)24/h5-7,13-14,16H,4,8-12H2,1-3H3,(H,21,25)(H,22,26)/t14-/m1/s1. The second kappa shape index (κ2) is 9.98. The Labute approximate surface area is 172 Å². The summed E-state index contributed by atoms with van der Waals surface area (Å²) in [7, 11) is -3.73. The maximum Gasteiger partial charge on any atom is 0.243 e. The first-order valence-corrected chi connectivity index (χ1v) is 11.3. The molecule has 0 aliphatic carbocycles. The van der Waals surface area contributed by atoms with Crippen molar-refractivity contribution in [2.45, 2.75) is 51.0 Å². The first-order valence-electron chi connectivity index (χ1n) is 9.86. The molecule has 1 aliphatic rings. The van der Waals surface area contributed by atoms with Crippen LogP contribution < -0.4 is 10.6 Å². The topological polar surface area (TPSA) is 113 Å². The summed E-state index contributed by atoms with van der Waals surface area (Å²) in [6, 6.07) is 5.35. The number of nitrogens with one attached hydrogen (secondary N) is 2. The van der Waals surface area contributed by atoms with E-state index in [1.54, 1.807) is 19.1 Å². The summed E-state index contributed by atoms with van der Waals surface area (Å²) in [6.45, 7) is 5.94. The van der Waals surface area contributed by atoms with E-state index < -0.39 is 16.1 Å². The fraction of sp³-hybridized carbons (Fsp3) is 0.550. The van der Waals surface area contributed by atoms with Gasteiger partial charge in [0.15, 0.2) is 5.78 Å². The third-order valence-electron chi connectivity index (χ3n) is 5.00. The van der Waals surface area contributed by atoms with Gasteiger partial charge in [-0.05, 0) is 45.2 Å². The van der Waals surface area contributed by atoms with Crippen LogP contribution in [0.15, 0.2) is 29.2 Å². The highest BCUT2D eigenvalue weighted by atomic mass is 32.2. The molecule has 8 nitrogen and oxygen atoms in total. The summed E-state index contributed by atoms with van der Waals surface area (Å²) in [6.07, 6.45) is 1.57. The van der Waals surface area contributed by atoms with Crippen molar-refractivity contribution in [3.63, 3.8) is 0 Å². The zero-order valence-corrected chi connectivity index (χ0v) is 17.9. The van der Waals surface area contributed by atoms with Crippen LogP contribution in [0, 0.1) is 5.92 Å². The number of carbonyl (C=O) groups excluding carboxylic acids is 3. The smallest absolute Gasteiger partial charge is 0.243 e. The third kappa shape index (κ3) is 5.86. The molecule has 9 heteroatoms. The summed E-state index contributed by atoms with van der Waals surface area (Å²) in [5.41, 5.74) is 0.343. The zero-order chi connectivity index (χ0) is 21.6. The molecular weight excluding hydrogens is 394 g/mol. The molecule has 0 aromatic heterocycles. The van der Waals surface area contributed by atoms with E-state index in [1.807, 2.05) is 6.92 Å². The van der Waals surface area contributed by atoms with Crippen LogP contribution in [0.3, 0.4) is 0 Å². The fourth-order valence-electron chi connectivity index (χ4n) is 3.18. The number of ketones is 1. The minimum atomic E-state index is -3.73. The average molecular weight is 424 g/mol. The first kappa shape index (κ1) is 23.0. The molecule has 0 bridgehead atoms. The molecular formula is C20H29N3O5S. The van der Waals surface area contributed by atoms with Gasteiger partial charge < -0.3 is 10.6 Å². The van der Waals surface area contributed by atoms with Crippen molar-refractivity contribution in [3.8, 4) is 0 Å². The van der Waals surface area contributed by atoms with E-state index in [4.69, 9.17) is 0 Å². The molecule has 0 spiro atoms. The quantitative estimate of drug-likeness (QED) is 0.613. The van der Waals surface area contributed by atoms with E-state index in [2.05, 4.69) is 10.6 Å². The molecule has 0 saturated carbocycles. The Kier molecular flexibility index (Phi) is 7.92. The van der Waals surface area contributed by atoms with Crippen molar-refractivity contribution < 1.29 is 22.8 Å². The van der Waals surface area contributed by atoms with E-state index in [-0.39, 0.29) is 41.5 Å². The van der Waals surface area contributed by atoms with E-state index in [0.29, 0.717) is 24.9 Å². The number of hydrogen-bond donors (Lipinski definition) is 2. The molecule has 0 unspecified atom stereocenters. The van der Waals surface area contributed by atoms with Crippen LogP contribution in [-0.4, -0.2) is 56.0 Å². The van der Waals surface area contributed by atoms with Gasteiger partial charge in [0.05, 0.1) is 4.90 Å². The third-order valence-corrected chi connectivity index (χ3v) is 6.90. The molecule has 1 aromatic carbocycles. The van der Waals surface area contributed by atoms with Crippen LogP contribution in [-0.2, 0) is 19.6 Å². The predicted molar refractivity (Wildman–Crippen MR) is 109 cm³/mol. The molecule has 2 amide bonds. The van der Waals surface area contributed by atoms with Crippen LogP contribution in [0.1, 0.15) is 50.4 Å². The van der Waals surface area contributed by atoms with Gasteiger partial charge >= 0.3 is 0 Å². The highest BCUT2D eigenvalue weighted by Gasteiger charge is 2.33. The van der Waals surface area contributed by atoms with Gasteiger partial charge in [0.1, 0.15) is 6.04 Å². The SMILES string of the molecule is CCCNC(=O)[C@@H](C)NC(=O)C1CCN(S(=O)(=O)c2cccc(C(C)=O)c2)CC1. The summed E-state index contributed by atoms with van der Waals surface area (Å²) < 4.78 is 27.1. The molecule has 2 N–H and O–H groups in total. The number of nitrogens with zero attached hydrogens (tertiary/aromatic N) is 1. The lowest BCUT2D eigenvalue weighted by molar-refractivity contribution is -0.131.